The topological polar surface area (TPSA) is 23.6 Å². The van der Waals surface area contributed by atoms with Gasteiger partial charge in [-0.1, -0.05) is 36.4 Å². The van der Waals surface area contributed by atoms with E-state index >= 15 is 0 Å². The highest BCUT2D eigenvalue weighted by molar-refractivity contribution is 5.94. The molecule has 0 fully saturated rings. The fraction of sp³-hybridized carbons (Fsp3) is 0.316. The smallest absolute Gasteiger partial charge is 0.254 e. The first-order valence-electron chi connectivity index (χ1n) is 7.81. The van der Waals surface area contributed by atoms with Gasteiger partial charge in [0.25, 0.3) is 5.91 Å². The molecule has 1 aliphatic heterocycles. The van der Waals surface area contributed by atoms with E-state index in [1.54, 1.807) is 0 Å². The van der Waals surface area contributed by atoms with Gasteiger partial charge in [0.1, 0.15) is 0 Å². The second-order valence-electron chi connectivity index (χ2n) is 5.92. The van der Waals surface area contributed by atoms with E-state index in [1.807, 2.05) is 42.3 Å². The molecule has 3 heteroatoms. The summed E-state index contributed by atoms with van der Waals surface area (Å²) in [5, 5.41) is 0. The van der Waals surface area contributed by atoms with Crippen molar-refractivity contribution in [2.75, 3.05) is 25.5 Å². The average molecular weight is 294 g/mol. The number of fused-ring (bicyclic) bond motifs is 1. The van der Waals surface area contributed by atoms with Crippen LogP contribution < -0.4 is 4.90 Å². The Morgan fingerprint density at radius 3 is 2.55 bits per heavy atom. The maximum atomic E-state index is 12.8. The molecular weight excluding hydrogens is 272 g/mol. The first-order chi connectivity index (χ1) is 10.7. The minimum Gasteiger partial charge on any atom is -0.374 e. The Kier molecular flexibility index (Phi) is 4.14. The Bertz CT molecular complexity index is 653. The van der Waals surface area contributed by atoms with E-state index in [0.717, 1.165) is 24.9 Å². The highest BCUT2D eigenvalue weighted by atomic mass is 16.2. The third-order valence-corrected chi connectivity index (χ3v) is 4.49. The molecule has 0 N–H and O–H groups in total. The SMILES string of the molecule is CN1CCCC(N(C)C(=O)c2ccccc2)c2ccccc21. The number of benzene rings is 2. The molecule has 0 aromatic heterocycles. The fourth-order valence-corrected chi connectivity index (χ4v) is 3.24. The van der Waals surface area contributed by atoms with Gasteiger partial charge in [-0.2, -0.15) is 0 Å². The van der Waals surface area contributed by atoms with E-state index in [9.17, 15) is 4.79 Å². The number of hydrogen-bond acceptors (Lipinski definition) is 2. The van der Waals surface area contributed by atoms with Crippen molar-refractivity contribution in [3.8, 4) is 0 Å². The highest BCUT2D eigenvalue weighted by Crippen LogP contribution is 2.35. The summed E-state index contributed by atoms with van der Waals surface area (Å²) in [6.07, 6.45) is 2.08. The number of anilines is 1. The zero-order valence-electron chi connectivity index (χ0n) is 13.2. The summed E-state index contributed by atoms with van der Waals surface area (Å²) in [5.74, 6) is 0.0879. The summed E-state index contributed by atoms with van der Waals surface area (Å²) in [6.45, 7) is 1.03. The maximum Gasteiger partial charge on any atom is 0.254 e. The average Bonchev–Trinajstić information content (AvgIpc) is 2.74. The molecule has 1 heterocycles. The van der Waals surface area contributed by atoms with Crippen LogP contribution in [0.25, 0.3) is 0 Å². The summed E-state index contributed by atoms with van der Waals surface area (Å²) >= 11 is 0. The van der Waals surface area contributed by atoms with Gasteiger partial charge in [-0.15, -0.1) is 0 Å². The molecule has 2 aromatic rings. The van der Waals surface area contributed by atoms with Crippen LogP contribution in [-0.4, -0.2) is 31.4 Å². The van der Waals surface area contributed by atoms with Gasteiger partial charge in [0, 0.05) is 31.9 Å². The molecule has 0 radical (unpaired) electrons. The van der Waals surface area contributed by atoms with Crippen LogP contribution >= 0.6 is 0 Å². The summed E-state index contributed by atoms with van der Waals surface area (Å²) in [7, 11) is 4.04. The summed E-state index contributed by atoms with van der Waals surface area (Å²) < 4.78 is 0. The van der Waals surface area contributed by atoms with Crippen molar-refractivity contribution in [3.63, 3.8) is 0 Å². The molecule has 3 rings (SSSR count). The van der Waals surface area contributed by atoms with Crippen LogP contribution in [0, 0.1) is 0 Å². The predicted octanol–water partition coefficient (Wildman–Crippen LogP) is 3.73. The van der Waals surface area contributed by atoms with E-state index in [1.165, 1.54) is 11.3 Å². The second-order valence-corrected chi connectivity index (χ2v) is 5.92. The van der Waals surface area contributed by atoms with Crippen LogP contribution in [0.2, 0.25) is 0 Å². The molecule has 0 bridgehead atoms. The van der Waals surface area contributed by atoms with Crippen LogP contribution in [0.5, 0.6) is 0 Å². The molecule has 0 spiro atoms. The monoisotopic (exact) mass is 294 g/mol. The van der Waals surface area contributed by atoms with E-state index < -0.39 is 0 Å². The third-order valence-electron chi connectivity index (χ3n) is 4.49. The van der Waals surface area contributed by atoms with Gasteiger partial charge in [-0.05, 0) is 36.6 Å². The molecule has 1 unspecified atom stereocenters. The third kappa shape index (κ3) is 2.71. The van der Waals surface area contributed by atoms with Gasteiger partial charge in [-0.25, -0.2) is 0 Å². The van der Waals surface area contributed by atoms with Crippen molar-refractivity contribution in [1.82, 2.24) is 4.90 Å². The van der Waals surface area contributed by atoms with Gasteiger partial charge < -0.3 is 9.80 Å². The Morgan fingerprint density at radius 2 is 1.77 bits per heavy atom. The van der Waals surface area contributed by atoms with E-state index in [-0.39, 0.29) is 11.9 Å². The summed E-state index contributed by atoms with van der Waals surface area (Å²) in [4.78, 5) is 16.9. The lowest BCUT2D eigenvalue weighted by atomic mass is 9.99. The molecule has 0 saturated carbocycles. The molecule has 114 valence electrons. The second kappa shape index (κ2) is 6.22. The Balaban J connectivity index is 1.93. The van der Waals surface area contributed by atoms with Crippen LogP contribution in [0.4, 0.5) is 5.69 Å². The zero-order valence-corrected chi connectivity index (χ0v) is 13.2. The van der Waals surface area contributed by atoms with E-state index in [4.69, 9.17) is 0 Å². The van der Waals surface area contributed by atoms with Crippen molar-refractivity contribution in [3.05, 3.63) is 65.7 Å². The zero-order chi connectivity index (χ0) is 15.5. The number of nitrogens with zero attached hydrogens (tertiary/aromatic N) is 2. The summed E-state index contributed by atoms with van der Waals surface area (Å²) in [6, 6.07) is 18.1. The number of amides is 1. The first-order valence-corrected chi connectivity index (χ1v) is 7.81. The summed E-state index contributed by atoms with van der Waals surface area (Å²) in [5.41, 5.74) is 3.23. The van der Waals surface area contributed by atoms with Gasteiger partial charge in [0.2, 0.25) is 0 Å². The van der Waals surface area contributed by atoms with Crippen LogP contribution in [0.15, 0.2) is 54.6 Å². The molecule has 1 atom stereocenters. The van der Waals surface area contributed by atoms with Gasteiger partial charge >= 0.3 is 0 Å². The number of rotatable bonds is 2. The standard InChI is InChI=1S/C19H22N2O/c1-20-14-8-13-18(16-11-6-7-12-17(16)20)21(2)19(22)15-9-4-3-5-10-15/h3-7,9-12,18H,8,13-14H2,1-2H3. The Morgan fingerprint density at radius 1 is 1.09 bits per heavy atom. The van der Waals surface area contributed by atoms with Crippen LogP contribution in [0.3, 0.4) is 0 Å². The quantitative estimate of drug-likeness (QED) is 0.842. The van der Waals surface area contributed by atoms with Gasteiger partial charge in [-0.3, -0.25) is 4.79 Å². The lowest BCUT2D eigenvalue weighted by molar-refractivity contribution is 0.0723. The lowest BCUT2D eigenvalue weighted by Crippen LogP contribution is -2.31. The molecule has 22 heavy (non-hydrogen) atoms. The van der Waals surface area contributed by atoms with Crippen molar-refractivity contribution < 1.29 is 4.79 Å². The van der Waals surface area contributed by atoms with Crippen LogP contribution in [-0.2, 0) is 0 Å². The minimum atomic E-state index is 0.0879. The van der Waals surface area contributed by atoms with E-state index in [2.05, 4.69) is 36.2 Å². The molecular formula is C19H22N2O. The van der Waals surface area contributed by atoms with Crippen molar-refractivity contribution in [2.24, 2.45) is 0 Å². The maximum absolute atomic E-state index is 12.8. The van der Waals surface area contributed by atoms with Gasteiger partial charge in [0.15, 0.2) is 0 Å². The fourth-order valence-electron chi connectivity index (χ4n) is 3.24. The molecule has 2 aromatic carbocycles. The lowest BCUT2D eigenvalue weighted by Gasteiger charge is -2.29. The number of carbonyl (C=O) groups excluding carboxylic acids is 1. The molecule has 3 nitrogen and oxygen atoms in total. The molecule has 1 amide bonds. The van der Waals surface area contributed by atoms with Gasteiger partial charge in [0.05, 0.1) is 6.04 Å². The molecule has 0 saturated heterocycles. The normalized spacial score (nSPS) is 17.5. The molecule has 0 aliphatic carbocycles. The number of hydrogen-bond donors (Lipinski definition) is 0. The van der Waals surface area contributed by atoms with Crippen molar-refractivity contribution >= 4 is 11.6 Å². The van der Waals surface area contributed by atoms with E-state index in [0.29, 0.717) is 0 Å². The minimum absolute atomic E-state index is 0.0879. The number of carbonyl (C=O) groups is 1. The molecule has 1 aliphatic rings. The Labute approximate surface area is 132 Å². The van der Waals surface area contributed by atoms with Crippen LogP contribution in [0.1, 0.15) is 34.8 Å². The Hall–Kier alpha value is -2.29. The highest BCUT2D eigenvalue weighted by Gasteiger charge is 2.27. The first kappa shape index (κ1) is 14.6. The van der Waals surface area contributed by atoms with Crippen molar-refractivity contribution in [1.29, 1.82) is 0 Å². The van der Waals surface area contributed by atoms with Crippen molar-refractivity contribution in [2.45, 2.75) is 18.9 Å². The number of para-hydroxylation sites is 1. The largest absolute Gasteiger partial charge is 0.374 e. The predicted molar refractivity (Wildman–Crippen MR) is 90.2 cm³/mol.